The van der Waals surface area contributed by atoms with Crippen molar-refractivity contribution < 1.29 is 13.5 Å². The van der Waals surface area contributed by atoms with Crippen molar-refractivity contribution in [3.8, 4) is 28.9 Å². The normalized spacial score (nSPS) is 16.9. The van der Waals surface area contributed by atoms with Gasteiger partial charge in [0, 0.05) is 37.3 Å². The number of anilines is 1. The van der Waals surface area contributed by atoms with Gasteiger partial charge in [0.05, 0.1) is 18.4 Å². The van der Waals surface area contributed by atoms with Gasteiger partial charge in [-0.05, 0) is 61.6 Å². The van der Waals surface area contributed by atoms with Gasteiger partial charge in [0.15, 0.2) is 11.6 Å². The summed E-state index contributed by atoms with van der Waals surface area (Å²) in [6, 6.07) is 11.5. The van der Waals surface area contributed by atoms with Gasteiger partial charge < -0.3 is 15.0 Å². The van der Waals surface area contributed by atoms with Gasteiger partial charge in [-0.15, -0.1) is 0 Å². The van der Waals surface area contributed by atoms with Gasteiger partial charge >= 0.3 is 0 Å². The molecule has 0 atom stereocenters. The Hall–Kier alpha value is -3.77. The quantitative estimate of drug-likeness (QED) is 0.618. The zero-order chi connectivity index (χ0) is 24.6. The van der Waals surface area contributed by atoms with E-state index in [1.807, 2.05) is 0 Å². The predicted octanol–water partition coefficient (Wildman–Crippen LogP) is 3.64. The van der Waals surface area contributed by atoms with Crippen LogP contribution in [0.4, 0.5) is 14.6 Å². The first kappa shape index (κ1) is 23.0. The molecule has 1 spiro atoms. The molecule has 2 fully saturated rings. The van der Waals surface area contributed by atoms with E-state index in [9.17, 15) is 13.6 Å². The second-order valence-corrected chi connectivity index (χ2v) is 9.15. The van der Waals surface area contributed by atoms with Crippen LogP contribution in [0.1, 0.15) is 24.8 Å². The maximum absolute atomic E-state index is 14.5. The second-order valence-electron chi connectivity index (χ2n) is 9.15. The first-order valence-electron chi connectivity index (χ1n) is 11.6. The van der Waals surface area contributed by atoms with Gasteiger partial charge in [0.1, 0.15) is 23.5 Å². The minimum Gasteiger partial charge on any atom is -0.494 e. The summed E-state index contributed by atoms with van der Waals surface area (Å²) in [7, 11) is 1.36. The van der Waals surface area contributed by atoms with E-state index in [4.69, 9.17) is 15.0 Å². The Morgan fingerprint density at radius 1 is 1.09 bits per heavy atom. The predicted molar refractivity (Wildman–Crippen MR) is 128 cm³/mol. The summed E-state index contributed by atoms with van der Waals surface area (Å²) in [4.78, 5) is 20.2. The minimum absolute atomic E-state index is 0.0426. The van der Waals surface area contributed by atoms with Gasteiger partial charge in [-0.2, -0.15) is 5.26 Å². The number of nitrogens with zero attached hydrogens (tertiary/aromatic N) is 4. The molecule has 7 nitrogen and oxygen atoms in total. The number of nitrogens with one attached hydrogen (secondary N) is 1. The van der Waals surface area contributed by atoms with Crippen molar-refractivity contribution in [1.82, 2.24) is 14.9 Å². The number of methoxy groups -OCH3 is 1. The molecule has 2 aliphatic rings. The first-order valence-corrected chi connectivity index (χ1v) is 11.6. The van der Waals surface area contributed by atoms with Crippen molar-refractivity contribution in [2.24, 2.45) is 5.41 Å². The van der Waals surface area contributed by atoms with Crippen LogP contribution in [0.5, 0.6) is 5.75 Å². The fraction of sp³-hybridized carbons (Fsp3) is 0.346. The summed E-state index contributed by atoms with van der Waals surface area (Å²) < 4.78 is 35.3. The highest BCUT2D eigenvalue weighted by Gasteiger charge is 2.37. The molecule has 0 unspecified atom stereocenters. The van der Waals surface area contributed by atoms with Gasteiger partial charge in [-0.25, -0.2) is 13.8 Å². The zero-order valence-electron chi connectivity index (χ0n) is 19.4. The number of piperidine rings is 1. The zero-order valence-corrected chi connectivity index (χ0v) is 19.4. The smallest absolute Gasteiger partial charge is 0.260 e. The van der Waals surface area contributed by atoms with Crippen LogP contribution in [0.15, 0.2) is 47.3 Å². The van der Waals surface area contributed by atoms with Crippen molar-refractivity contribution in [2.75, 3.05) is 38.2 Å². The maximum atomic E-state index is 14.5. The van der Waals surface area contributed by atoms with Crippen LogP contribution >= 0.6 is 0 Å². The maximum Gasteiger partial charge on any atom is 0.260 e. The molecule has 0 saturated carbocycles. The summed E-state index contributed by atoms with van der Waals surface area (Å²) in [5, 5.41) is 12.6. The Labute approximate surface area is 201 Å². The molecule has 180 valence electrons. The number of benzene rings is 2. The van der Waals surface area contributed by atoms with E-state index in [0.29, 0.717) is 16.8 Å². The Bertz CT molecular complexity index is 1370. The second kappa shape index (κ2) is 9.12. The van der Waals surface area contributed by atoms with E-state index in [-0.39, 0.29) is 22.8 Å². The molecule has 3 aromatic rings. The highest BCUT2D eigenvalue weighted by atomic mass is 19.1. The molecule has 0 amide bonds. The highest BCUT2D eigenvalue weighted by Crippen LogP contribution is 2.38. The lowest BCUT2D eigenvalue weighted by Crippen LogP contribution is -2.42. The lowest BCUT2D eigenvalue weighted by atomic mass is 9.78. The van der Waals surface area contributed by atoms with Gasteiger partial charge in [-0.3, -0.25) is 9.36 Å². The molecule has 5 rings (SSSR count). The number of hydrogen-bond acceptors (Lipinski definition) is 6. The largest absolute Gasteiger partial charge is 0.494 e. The Kier molecular flexibility index (Phi) is 5.99. The third-order valence-corrected chi connectivity index (χ3v) is 7.13. The SMILES string of the molecule is COc1ccc(-n2c(-c3ccc(C#N)c(F)c3)nc(N3CCC4(CCNC4)CC3)cc2=O)cc1F. The Balaban J connectivity index is 1.60. The number of nitriles is 1. The van der Waals surface area contributed by atoms with Crippen LogP contribution in [0.2, 0.25) is 0 Å². The average Bonchev–Trinajstić information content (AvgIpc) is 3.31. The molecule has 0 radical (unpaired) electrons. The van der Waals surface area contributed by atoms with Gasteiger partial charge in [0.25, 0.3) is 5.56 Å². The number of aromatic nitrogens is 2. The molecule has 2 aromatic carbocycles. The van der Waals surface area contributed by atoms with Crippen LogP contribution in [-0.2, 0) is 0 Å². The Morgan fingerprint density at radius 3 is 2.51 bits per heavy atom. The molecular weight excluding hydrogens is 452 g/mol. The van der Waals surface area contributed by atoms with Crippen LogP contribution in [0.25, 0.3) is 17.1 Å². The molecule has 0 bridgehead atoms. The summed E-state index contributed by atoms with van der Waals surface area (Å²) in [5.41, 5.74) is 0.320. The van der Waals surface area contributed by atoms with E-state index in [0.717, 1.165) is 45.4 Å². The topological polar surface area (TPSA) is 83.2 Å². The number of hydrogen-bond donors (Lipinski definition) is 1. The van der Waals surface area contributed by atoms with E-state index in [1.54, 1.807) is 18.2 Å². The number of ether oxygens (including phenoxy) is 1. The number of rotatable bonds is 4. The van der Waals surface area contributed by atoms with Gasteiger partial charge in [0.2, 0.25) is 0 Å². The molecule has 1 N–H and O–H groups in total. The minimum atomic E-state index is -0.717. The Morgan fingerprint density at radius 2 is 1.89 bits per heavy atom. The van der Waals surface area contributed by atoms with Crippen LogP contribution in [0.3, 0.4) is 0 Å². The molecule has 0 aliphatic carbocycles. The first-order chi connectivity index (χ1) is 16.9. The fourth-order valence-corrected chi connectivity index (χ4v) is 5.05. The third-order valence-electron chi connectivity index (χ3n) is 7.13. The molecular formula is C26H25F2N5O2. The third kappa shape index (κ3) is 4.26. The highest BCUT2D eigenvalue weighted by molar-refractivity contribution is 5.62. The van der Waals surface area contributed by atoms with Crippen LogP contribution < -0.4 is 20.5 Å². The van der Waals surface area contributed by atoms with E-state index < -0.39 is 17.2 Å². The summed E-state index contributed by atoms with van der Waals surface area (Å²) in [6.45, 7) is 3.56. The molecule has 35 heavy (non-hydrogen) atoms. The lowest BCUT2D eigenvalue weighted by molar-refractivity contribution is 0.247. The fourth-order valence-electron chi connectivity index (χ4n) is 5.05. The molecule has 3 heterocycles. The lowest BCUT2D eigenvalue weighted by Gasteiger charge is -2.39. The van der Waals surface area contributed by atoms with E-state index in [2.05, 4.69) is 10.2 Å². The van der Waals surface area contributed by atoms with Crippen molar-refractivity contribution in [1.29, 1.82) is 5.26 Å². The number of halogens is 2. The molecule has 2 saturated heterocycles. The summed E-state index contributed by atoms with van der Waals surface area (Å²) in [5.74, 6) is -0.639. The monoisotopic (exact) mass is 477 g/mol. The van der Waals surface area contributed by atoms with Gasteiger partial charge in [-0.1, -0.05) is 0 Å². The standard InChI is InChI=1S/C26H25F2N5O2/c1-35-22-5-4-19(13-21(22)28)33-24(34)14-23(32-10-7-26(8-11-32)6-9-30-16-26)31-25(33)17-2-3-18(15-29)20(27)12-17/h2-5,12-14,30H,6-11,16H2,1H3. The summed E-state index contributed by atoms with van der Waals surface area (Å²) >= 11 is 0. The van der Waals surface area contributed by atoms with Crippen molar-refractivity contribution in [3.05, 3.63) is 70.0 Å². The van der Waals surface area contributed by atoms with Crippen molar-refractivity contribution in [2.45, 2.75) is 19.3 Å². The van der Waals surface area contributed by atoms with E-state index in [1.165, 1.54) is 42.0 Å². The van der Waals surface area contributed by atoms with Crippen molar-refractivity contribution in [3.63, 3.8) is 0 Å². The molecule has 2 aliphatic heterocycles. The van der Waals surface area contributed by atoms with E-state index >= 15 is 0 Å². The van der Waals surface area contributed by atoms with Crippen LogP contribution in [-0.4, -0.2) is 42.8 Å². The molecule has 1 aromatic heterocycles. The van der Waals surface area contributed by atoms with Crippen molar-refractivity contribution >= 4 is 5.82 Å². The summed E-state index contributed by atoms with van der Waals surface area (Å²) in [6.07, 6.45) is 3.14. The molecule has 9 heteroatoms. The average molecular weight is 478 g/mol. The van der Waals surface area contributed by atoms with Crippen LogP contribution in [0, 0.1) is 28.4 Å².